The van der Waals surface area contributed by atoms with Gasteiger partial charge >= 0.3 is 0 Å². The predicted octanol–water partition coefficient (Wildman–Crippen LogP) is 2.87. The lowest BCUT2D eigenvalue weighted by molar-refractivity contribution is 0.102. The SMILES string of the molecule is CC(C)(C)c1ccc(C(=O)Nc2cc(C(N)=CC=N)c[nH]c2=O)cc1. The summed E-state index contributed by atoms with van der Waals surface area (Å²) < 4.78 is 0. The minimum Gasteiger partial charge on any atom is -0.398 e. The largest absolute Gasteiger partial charge is 0.398 e. The van der Waals surface area contributed by atoms with Gasteiger partial charge in [-0.2, -0.15) is 0 Å². The standard InChI is InChI=1S/C19H22N4O2/c1-19(2,3)14-6-4-12(5-7-14)17(24)23-16-10-13(11-22-18(16)25)15(21)8-9-20/h4-11,20H,21H2,1-3H3,(H,22,25)(H,23,24). The number of pyridine rings is 1. The Balaban J connectivity index is 2.26. The van der Waals surface area contributed by atoms with Gasteiger partial charge in [-0.25, -0.2) is 0 Å². The number of amides is 1. The Morgan fingerprint density at radius 3 is 2.40 bits per heavy atom. The average Bonchev–Trinajstić information content (AvgIpc) is 2.56. The Bertz CT molecular complexity index is 872. The first-order valence-electron chi connectivity index (χ1n) is 7.83. The summed E-state index contributed by atoms with van der Waals surface area (Å²) in [5.74, 6) is -0.377. The molecule has 0 aliphatic heterocycles. The molecule has 0 radical (unpaired) electrons. The number of aromatic amines is 1. The number of hydrogen-bond donors (Lipinski definition) is 4. The summed E-state index contributed by atoms with van der Waals surface area (Å²) in [7, 11) is 0. The van der Waals surface area contributed by atoms with Crippen LogP contribution in [0, 0.1) is 5.41 Å². The molecule has 1 aromatic heterocycles. The number of anilines is 1. The maximum atomic E-state index is 12.4. The highest BCUT2D eigenvalue weighted by Crippen LogP contribution is 2.22. The van der Waals surface area contributed by atoms with Crippen molar-refractivity contribution in [2.24, 2.45) is 5.73 Å². The van der Waals surface area contributed by atoms with Crippen molar-refractivity contribution in [2.75, 3.05) is 5.32 Å². The van der Waals surface area contributed by atoms with E-state index in [0.717, 1.165) is 11.8 Å². The molecule has 130 valence electrons. The zero-order valence-electron chi connectivity index (χ0n) is 14.5. The molecule has 0 fully saturated rings. The van der Waals surface area contributed by atoms with Crippen LogP contribution in [0.4, 0.5) is 5.69 Å². The van der Waals surface area contributed by atoms with Gasteiger partial charge in [0.1, 0.15) is 5.69 Å². The van der Waals surface area contributed by atoms with E-state index in [9.17, 15) is 9.59 Å². The van der Waals surface area contributed by atoms with Crippen LogP contribution >= 0.6 is 0 Å². The number of benzene rings is 1. The Morgan fingerprint density at radius 2 is 1.84 bits per heavy atom. The van der Waals surface area contributed by atoms with Crippen molar-refractivity contribution in [2.45, 2.75) is 26.2 Å². The summed E-state index contributed by atoms with van der Waals surface area (Å²) in [4.78, 5) is 26.8. The van der Waals surface area contributed by atoms with Crippen molar-refractivity contribution in [3.8, 4) is 0 Å². The summed E-state index contributed by atoms with van der Waals surface area (Å²) in [6.07, 6.45) is 3.88. The lowest BCUT2D eigenvalue weighted by atomic mass is 9.87. The van der Waals surface area contributed by atoms with E-state index >= 15 is 0 Å². The molecule has 0 unspecified atom stereocenters. The third-order valence-corrected chi connectivity index (χ3v) is 3.76. The molecule has 25 heavy (non-hydrogen) atoms. The summed E-state index contributed by atoms with van der Waals surface area (Å²) in [5, 5.41) is 9.64. The smallest absolute Gasteiger partial charge is 0.271 e. The van der Waals surface area contributed by atoms with Gasteiger partial charge in [-0.1, -0.05) is 32.9 Å². The zero-order chi connectivity index (χ0) is 18.6. The molecule has 1 heterocycles. The molecule has 6 heteroatoms. The number of allylic oxidation sites excluding steroid dienone is 1. The zero-order valence-corrected chi connectivity index (χ0v) is 14.5. The van der Waals surface area contributed by atoms with Crippen molar-refractivity contribution in [1.29, 1.82) is 5.41 Å². The Morgan fingerprint density at radius 1 is 1.20 bits per heavy atom. The van der Waals surface area contributed by atoms with Gasteiger partial charge in [0.25, 0.3) is 11.5 Å². The number of H-pyrrole nitrogens is 1. The van der Waals surface area contributed by atoms with Gasteiger partial charge in [-0.3, -0.25) is 9.59 Å². The van der Waals surface area contributed by atoms with Crippen molar-refractivity contribution >= 4 is 23.5 Å². The molecule has 0 atom stereocenters. The van der Waals surface area contributed by atoms with Crippen molar-refractivity contribution in [3.63, 3.8) is 0 Å². The summed E-state index contributed by atoms with van der Waals surface area (Å²) in [6, 6.07) is 8.75. The van der Waals surface area contributed by atoms with E-state index in [2.05, 4.69) is 31.1 Å². The first kappa shape index (κ1) is 18.2. The molecule has 0 saturated carbocycles. The van der Waals surface area contributed by atoms with Crippen molar-refractivity contribution < 1.29 is 4.79 Å². The van der Waals surface area contributed by atoms with Crippen LogP contribution in [0.1, 0.15) is 42.3 Å². The molecule has 1 amide bonds. The molecule has 0 bridgehead atoms. The molecule has 6 nitrogen and oxygen atoms in total. The molecule has 0 aliphatic rings. The van der Waals surface area contributed by atoms with Gasteiger partial charge in [0.2, 0.25) is 0 Å². The van der Waals surface area contributed by atoms with Crippen LogP contribution in [0.3, 0.4) is 0 Å². The second kappa shape index (κ2) is 7.17. The van der Waals surface area contributed by atoms with Crippen LogP contribution in [0.25, 0.3) is 5.70 Å². The fraction of sp³-hybridized carbons (Fsp3) is 0.211. The highest BCUT2D eigenvalue weighted by Gasteiger charge is 2.15. The van der Waals surface area contributed by atoms with E-state index in [1.54, 1.807) is 12.1 Å². The number of nitrogens with two attached hydrogens (primary N) is 1. The molecule has 5 N–H and O–H groups in total. The monoisotopic (exact) mass is 338 g/mol. The number of hydrogen-bond acceptors (Lipinski definition) is 4. The Hall–Kier alpha value is -3.15. The fourth-order valence-corrected chi connectivity index (χ4v) is 2.25. The van der Waals surface area contributed by atoms with Gasteiger partial charge < -0.3 is 21.4 Å². The number of aromatic nitrogens is 1. The van der Waals surface area contributed by atoms with Crippen LogP contribution in [0.5, 0.6) is 0 Å². The maximum Gasteiger partial charge on any atom is 0.271 e. The third kappa shape index (κ3) is 4.44. The van der Waals surface area contributed by atoms with Gasteiger partial charge in [0.15, 0.2) is 0 Å². The number of carbonyl (C=O) groups excluding carboxylic acids is 1. The van der Waals surface area contributed by atoms with Gasteiger partial charge in [0, 0.05) is 29.2 Å². The van der Waals surface area contributed by atoms with E-state index < -0.39 is 5.56 Å². The highest BCUT2D eigenvalue weighted by atomic mass is 16.2. The first-order valence-corrected chi connectivity index (χ1v) is 7.83. The topological polar surface area (TPSA) is 112 Å². The van der Waals surface area contributed by atoms with Crippen LogP contribution in [-0.4, -0.2) is 17.1 Å². The van der Waals surface area contributed by atoms with E-state index in [1.165, 1.54) is 18.3 Å². The first-order chi connectivity index (χ1) is 11.7. The van der Waals surface area contributed by atoms with Crippen LogP contribution < -0.4 is 16.6 Å². The van der Waals surface area contributed by atoms with Gasteiger partial charge in [0.05, 0.1) is 0 Å². The second-order valence-electron chi connectivity index (χ2n) is 6.70. The van der Waals surface area contributed by atoms with Crippen LogP contribution in [0.2, 0.25) is 0 Å². The second-order valence-corrected chi connectivity index (χ2v) is 6.70. The summed E-state index contributed by atoms with van der Waals surface area (Å²) in [6.45, 7) is 6.29. The lowest BCUT2D eigenvalue weighted by Gasteiger charge is -2.19. The quantitative estimate of drug-likeness (QED) is 0.643. The lowest BCUT2D eigenvalue weighted by Crippen LogP contribution is -2.20. The molecular weight excluding hydrogens is 316 g/mol. The maximum absolute atomic E-state index is 12.4. The van der Waals surface area contributed by atoms with E-state index in [-0.39, 0.29) is 17.0 Å². The Kier molecular flexibility index (Phi) is 5.22. The van der Waals surface area contributed by atoms with Gasteiger partial charge in [-0.15, -0.1) is 0 Å². The summed E-state index contributed by atoms with van der Waals surface area (Å²) >= 11 is 0. The van der Waals surface area contributed by atoms with Crippen LogP contribution in [0.15, 0.2) is 47.4 Å². The number of carbonyl (C=O) groups is 1. The van der Waals surface area contributed by atoms with Crippen LogP contribution in [-0.2, 0) is 5.41 Å². The Labute approximate surface area is 146 Å². The molecule has 0 aliphatic carbocycles. The molecular formula is C19H22N4O2. The van der Waals surface area contributed by atoms with Crippen molar-refractivity contribution in [1.82, 2.24) is 4.98 Å². The molecule has 0 spiro atoms. The molecule has 1 aromatic carbocycles. The molecule has 2 aromatic rings. The number of rotatable bonds is 4. The van der Waals surface area contributed by atoms with Gasteiger partial charge in [-0.05, 0) is 35.3 Å². The third-order valence-electron chi connectivity index (χ3n) is 3.76. The number of nitrogens with one attached hydrogen (secondary N) is 3. The molecule has 0 saturated heterocycles. The van der Waals surface area contributed by atoms with E-state index in [1.807, 2.05) is 12.1 Å². The van der Waals surface area contributed by atoms with E-state index in [0.29, 0.717) is 16.8 Å². The minimum absolute atomic E-state index is 0.000780. The highest BCUT2D eigenvalue weighted by molar-refractivity contribution is 6.04. The average molecular weight is 338 g/mol. The minimum atomic E-state index is -0.425. The normalized spacial score (nSPS) is 11.9. The van der Waals surface area contributed by atoms with E-state index in [4.69, 9.17) is 11.1 Å². The fourth-order valence-electron chi connectivity index (χ4n) is 2.25. The predicted molar refractivity (Wildman–Crippen MR) is 101 cm³/mol. The van der Waals surface area contributed by atoms with Crippen molar-refractivity contribution in [3.05, 3.63) is 69.6 Å². The summed E-state index contributed by atoms with van der Waals surface area (Å²) in [5.41, 5.74) is 7.88. The molecule has 2 rings (SSSR count).